The molecule has 1 aromatic rings. The number of carbonyl (C=O) groups excluding carboxylic acids is 2. The van der Waals surface area contributed by atoms with Gasteiger partial charge in [-0.25, -0.2) is 4.79 Å². The molecule has 6 rings (SSSR count). The Hall–Kier alpha value is -1.76. The van der Waals surface area contributed by atoms with Gasteiger partial charge in [0, 0.05) is 17.8 Å². The van der Waals surface area contributed by atoms with Crippen molar-refractivity contribution in [3.63, 3.8) is 0 Å². The molecule has 5 aliphatic rings. The van der Waals surface area contributed by atoms with Crippen LogP contribution in [0, 0.1) is 33.5 Å². The monoisotopic (exact) mass is 482 g/mol. The van der Waals surface area contributed by atoms with Crippen molar-refractivity contribution >= 4 is 12.3 Å². The third-order valence-corrected chi connectivity index (χ3v) is 11.3. The van der Waals surface area contributed by atoms with E-state index < -0.39 is 17.3 Å². The van der Waals surface area contributed by atoms with Crippen molar-refractivity contribution in [1.29, 1.82) is 0 Å². The largest absolute Gasteiger partial charge is 0.458 e. The fourth-order valence-corrected chi connectivity index (χ4v) is 9.72. The molecule has 1 aliphatic heterocycles. The summed E-state index contributed by atoms with van der Waals surface area (Å²) >= 11 is 0. The van der Waals surface area contributed by atoms with Crippen LogP contribution in [0.3, 0.4) is 0 Å². The van der Waals surface area contributed by atoms with Gasteiger partial charge in [0.15, 0.2) is 5.79 Å². The lowest BCUT2D eigenvalue weighted by Crippen LogP contribution is -2.68. The summed E-state index contributed by atoms with van der Waals surface area (Å²) in [5.74, 6) is -0.862. The van der Waals surface area contributed by atoms with Gasteiger partial charge in [0.2, 0.25) is 0 Å². The van der Waals surface area contributed by atoms with E-state index >= 15 is 0 Å². The average molecular weight is 483 g/mol. The smallest absolute Gasteiger partial charge is 0.338 e. The van der Waals surface area contributed by atoms with E-state index in [1.54, 1.807) is 12.1 Å². The van der Waals surface area contributed by atoms with E-state index in [9.17, 15) is 14.7 Å². The van der Waals surface area contributed by atoms with Crippen molar-refractivity contribution in [3.8, 4) is 0 Å². The summed E-state index contributed by atoms with van der Waals surface area (Å²) in [6, 6.07) is 9.08. The maximum absolute atomic E-state index is 13.3. The van der Waals surface area contributed by atoms with Gasteiger partial charge >= 0.3 is 5.97 Å². The van der Waals surface area contributed by atoms with Gasteiger partial charge in [0.25, 0.3) is 0 Å². The first kappa shape index (κ1) is 23.6. The lowest BCUT2D eigenvalue weighted by atomic mass is 9.37. The van der Waals surface area contributed by atoms with E-state index in [0.717, 1.165) is 44.8 Å². The second kappa shape index (κ2) is 7.87. The maximum Gasteiger partial charge on any atom is 0.338 e. The maximum atomic E-state index is 13.3. The van der Waals surface area contributed by atoms with Gasteiger partial charge in [-0.3, -0.25) is 0 Å². The van der Waals surface area contributed by atoms with Crippen molar-refractivity contribution in [2.45, 2.75) is 77.1 Å². The molecule has 190 valence electrons. The van der Waals surface area contributed by atoms with Crippen LogP contribution in [0.5, 0.6) is 0 Å². The number of aldehydes is 1. The molecule has 0 unspecified atom stereocenters. The Bertz CT molecular complexity index is 1000. The van der Waals surface area contributed by atoms with Crippen LogP contribution in [0.15, 0.2) is 30.3 Å². The molecule has 4 saturated carbocycles. The summed E-state index contributed by atoms with van der Waals surface area (Å²) in [5, 5.41) is 10.6. The van der Waals surface area contributed by atoms with Crippen LogP contribution in [0.2, 0.25) is 0 Å². The van der Waals surface area contributed by atoms with E-state index in [0.29, 0.717) is 31.6 Å². The molecule has 2 spiro atoms. The number of esters is 1. The van der Waals surface area contributed by atoms with E-state index in [4.69, 9.17) is 14.2 Å². The molecule has 2 bridgehead atoms. The summed E-state index contributed by atoms with van der Waals surface area (Å²) in [5.41, 5.74) is -0.643. The third kappa shape index (κ3) is 2.99. The lowest BCUT2D eigenvalue weighted by Gasteiger charge is -2.68. The van der Waals surface area contributed by atoms with Gasteiger partial charge in [-0.05, 0) is 67.4 Å². The zero-order valence-corrected chi connectivity index (χ0v) is 21.0. The Labute approximate surface area is 207 Å². The summed E-state index contributed by atoms with van der Waals surface area (Å²) in [4.78, 5) is 26.0. The minimum Gasteiger partial charge on any atom is -0.458 e. The number of carbonyl (C=O) groups is 2. The normalized spacial score (nSPS) is 45.5. The minimum atomic E-state index is -0.886. The molecule has 4 aliphatic carbocycles. The Morgan fingerprint density at radius 2 is 1.86 bits per heavy atom. The average Bonchev–Trinajstić information content (AvgIpc) is 3.47. The zero-order valence-electron chi connectivity index (χ0n) is 21.0. The molecule has 6 heteroatoms. The van der Waals surface area contributed by atoms with E-state index in [-0.39, 0.29) is 40.7 Å². The summed E-state index contributed by atoms with van der Waals surface area (Å²) < 4.78 is 19.1. The predicted octanol–water partition coefficient (Wildman–Crippen LogP) is 4.54. The van der Waals surface area contributed by atoms with Crippen LogP contribution >= 0.6 is 0 Å². The third-order valence-electron chi connectivity index (χ3n) is 11.3. The Morgan fingerprint density at radius 1 is 1.11 bits per heavy atom. The molecular formula is C29H38O6. The molecule has 35 heavy (non-hydrogen) atoms. The lowest BCUT2D eigenvalue weighted by molar-refractivity contribution is -0.298. The fraction of sp³-hybridized carbons (Fsp3) is 0.724. The van der Waals surface area contributed by atoms with Crippen LogP contribution in [0.1, 0.15) is 75.6 Å². The predicted molar refractivity (Wildman–Crippen MR) is 128 cm³/mol. The van der Waals surface area contributed by atoms with Gasteiger partial charge in [-0.2, -0.15) is 0 Å². The number of rotatable bonds is 4. The first-order valence-corrected chi connectivity index (χ1v) is 13.4. The Kier molecular flexibility index (Phi) is 5.31. The van der Waals surface area contributed by atoms with Crippen molar-refractivity contribution in [1.82, 2.24) is 0 Å². The molecule has 6 nitrogen and oxygen atoms in total. The van der Waals surface area contributed by atoms with Crippen LogP contribution in [0.4, 0.5) is 0 Å². The van der Waals surface area contributed by atoms with Gasteiger partial charge in [-0.1, -0.05) is 38.5 Å². The molecule has 0 aromatic heterocycles. The molecule has 1 aromatic carbocycles. The van der Waals surface area contributed by atoms with E-state index in [1.807, 2.05) is 18.2 Å². The van der Waals surface area contributed by atoms with Gasteiger partial charge in [-0.15, -0.1) is 0 Å². The van der Waals surface area contributed by atoms with Gasteiger partial charge in [0.05, 0.1) is 30.8 Å². The summed E-state index contributed by atoms with van der Waals surface area (Å²) in [6.45, 7) is 5.70. The standard InChI is InChI=1S/C29H38O6/c1-25-11-12-28(17-25)21(16-29(25)33-13-14-34-29)15-22(35-24(32)20-7-4-3-5-8-20)23-26(28,2)9-6-10-27(23,18-30)19-31/h3-5,7-8,18,21-23,31H,6,9-17,19H2,1-2H3/t21-,22+,23+,25-,26-,27+,28-/m0/s1. The zero-order chi connectivity index (χ0) is 24.5. The molecular weight excluding hydrogens is 444 g/mol. The van der Waals surface area contributed by atoms with Crippen LogP contribution in [-0.2, 0) is 19.0 Å². The first-order valence-electron chi connectivity index (χ1n) is 13.4. The minimum absolute atomic E-state index is 0.0203. The quantitative estimate of drug-likeness (QED) is 0.501. The van der Waals surface area contributed by atoms with Crippen molar-refractivity contribution in [2.75, 3.05) is 19.8 Å². The second-order valence-electron chi connectivity index (χ2n) is 12.5. The van der Waals surface area contributed by atoms with E-state index in [2.05, 4.69) is 13.8 Å². The molecule has 1 heterocycles. The highest BCUT2D eigenvalue weighted by Gasteiger charge is 2.76. The van der Waals surface area contributed by atoms with Crippen LogP contribution in [-0.4, -0.2) is 49.1 Å². The molecule has 0 radical (unpaired) electrons. The second-order valence-corrected chi connectivity index (χ2v) is 12.5. The number of hydrogen-bond donors (Lipinski definition) is 1. The molecule has 0 amide bonds. The Balaban J connectivity index is 1.44. The van der Waals surface area contributed by atoms with Crippen molar-refractivity contribution < 1.29 is 28.9 Å². The van der Waals surface area contributed by atoms with E-state index in [1.165, 1.54) is 0 Å². The number of fused-ring (bicyclic) bond motifs is 3. The van der Waals surface area contributed by atoms with Crippen LogP contribution in [0.25, 0.3) is 0 Å². The highest BCUT2D eigenvalue weighted by molar-refractivity contribution is 5.89. The number of aliphatic hydroxyl groups excluding tert-OH is 1. The highest BCUT2D eigenvalue weighted by Crippen LogP contribution is 2.78. The van der Waals surface area contributed by atoms with Gasteiger partial charge in [0.1, 0.15) is 12.4 Å². The first-order chi connectivity index (χ1) is 16.8. The number of aliphatic hydroxyl groups is 1. The molecule has 7 atom stereocenters. The topological polar surface area (TPSA) is 82.1 Å². The Morgan fingerprint density at radius 3 is 2.54 bits per heavy atom. The number of ether oxygens (including phenoxy) is 3. The van der Waals surface area contributed by atoms with Crippen molar-refractivity contribution in [3.05, 3.63) is 35.9 Å². The SMILES string of the molecule is C[C@]12CC[C@]3(C1)[C@@H](C[C@@H](OC(=O)c1ccccc1)[C@H]1[C@](C=O)(CO)CCC[C@@]13C)CC21OCCO1. The highest BCUT2D eigenvalue weighted by atomic mass is 16.7. The summed E-state index contributed by atoms with van der Waals surface area (Å²) in [7, 11) is 0. The number of benzene rings is 1. The fourth-order valence-electron chi connectivity index (χ4n) is 9.72. The molecule has 1 saturated heterocycles. The van der Waals surface area contributed by atoms with Crippen LogP contribution < -0.4 is 0 Å². The summed E-state index contributed by atoms with van der Waals surface area (Å²) in [6.07, 6.45) is 7.64. The number of hydrogen-bond acceptors (Lipinski definition) is 6. The van der Waals surface area contributed by atoms with Crippen molar-refractivity contribution in [2.24, 2.45) is 33.5 Å². The molecule has 1 N–H and O–H groups in total. The van der Waals surface area contributed by atoms with Gasteiger partial charge < -0.3 is 24.1 Å². The molecule has 5 fully saturated rings.